The van der Waals surface area contributed by atoms with E-state index in [9.17, 15) is 8.42 Å². The second-order valence-corrected chi connectivity index (χ2v) is 6.05. The molecule has 0 saturated carbocycles. The van der Waals surface area contributed by atoms with Gasteiger partial charge in [-0.05, 0) is 12.5 Å². The quantitative estimate of drug-likeness (QED) is 0.800. The molecule has 0 fully saturated rings. The fourth-order valence-corrected chi connectivity index (χ4v) is 3.28. The lowest BCUT2D eigenvalue weighted by Gasteiger charge is -2.04. The summed E-state index contributed by atoms with van der Waals surface area (Å²) in [5.41, 5.74) is 0. The molecule has 0 spiro atoms. The molecule has 0 bridgehead atoms. The molecule has 15 heavy (non-hydrogen) atoms. The monoisotopic (exact) mass is 287 g/mol. The Kier molecular flexibility index (Phi) is 4.64. The molecule has 0 aromatic carbocycles. The number of hydrogen-bond donors (Lipinski definition) is 0. The number of sulfone groups is 1. The van der Waals surface area contributed by atoms with Gasteiger partial charge in [0.05, 0.1) is 15.8 Å². The molecular weight excluding hydrogens is 281 g/mol. The standard InChI is InChI=1S/C8H8Cl3NO2S/c9-2-1-3-15(13,14)8-7(11)4-6(10)5-12-8/h4-5H,1-3H2. The van der Waals surface area contributed by atoms with Gasteiger partial charge >= 0.3 is 0 Å². The first-order chi connectivity index (χ1) is 6.97. The van der Waals surface area contributed by atoms with Crippen molar-refractivity contribution in [2.45, 2.75) is 11.4 Å². The molecule has 0 aliphatic heterocycles. The SMILES string of the molecule is O=S(=O)(CCCCl)c1ncc(Cl)cc1Cl. The van der Waals surface area contributed by atoms with Crippen LogP contribution in [-0.2, 0) is 9.84 Å². The van der Waals surface area contributed by atoms with E-state index in [1.165, 1.54) is 12.3 Å². The number of halogens is 3. The normalized spacial score (nSPS) is 11.7. The molecule has 1 heterocycles. The molecule has 3 nitrogen and oxygen atoms in total. The summed E-state index contributed by atoms with van der Waals surface area (Å²) in [6.07, 6.45) is 1.62. The minimum atomic E-state index is -3.46. The predicted molar refractivity (Wildman–Crippen MR) is 61.6 cm³/mol. The van der Waals surface area contributed by atoms with Crippen molar-refractivity contribution in [2.75, 3.05) is 11.6 Å². The molecule has 0 aliphatic carbocycles. The van der Waals surface area contributed by atoms with Crippen molar-refractivity contribution in [3.63, 3.8) is 0 Å². The van der Waals surface area contributed by atoms with Gasteiger partial charge in [-0.3, -0.25) is 0 Å². The maximum absolute atomic E-state index is 11.7. The number of hydrogen-bond acceptors (Lipinski definition) is 3. The summed E-state index contributed by atoms with van der Waals surface area (Å²) in [7, 11) is -3.46. The van der Waals surface area contributed by atoms with E-state index in [1.54, 1.807) is 0 Å². The Morgan fingerprint density at radius 1 is 1.33 bits per heavy atom. The third-order valence-electron chi connectivity index (χ3n) is 1.62. The van der Waals surface area contributed by atoms with Crippen LogP contribution in [0.25, 0.3) is 0 Å². The van der Waals surface area contributed by atoms with Crippen LogP contribution in [0.4, 0.5) is 0 Å². The Balaban J connectivity index is 3.05. The van der Waals surface area contributed by atoms with Gasteiger partial charge in [0.2, 0.25) is 0 Å². The van der Waals surface area contributed by atoms with Crippen LogP contribution in [0, 0.1) is 0 Å². The van der Waals surface area contributed by atoms with Crippen molar-refractivity contribution < 1.29 is 8.42 Å². The molecule has 0 atom stereocenters. The molecule has 1 rings (SSSR count). The second-order valence-electron chi connectivity index (χ2n) is 2.80. The van der Waals surface area contributed by atoms with Crippen LogP contribution in [0.5, 0.6) is 0 Å². The van der Waals surface area contributed by atoms with Crippen molar-refractivity contribution in [1.29, 1.82) is 0 Å². The van der Waals surface area contributed by atoms with Crippen molar-refractivity contribution in [3.05, 3.63) is 22.3 Å². The van der Waals surface area contributed by atoms with Gasteiger partial charge in [0.25, 0.3) is 0 Å². The van der Waals surface area contributed by atoms with E-state index in [0.717, 1.165) is 0 Å². The number of alkyl halides is 1. The van der Waals surface area contributed by atoms with Crippen molar-refractivity contribution in [2.24, 2.45) is 0 Å². The number of aromatic nitrogens is 1. The van der Waals surface area contributed by atoms with Crippen molar-refractivity contribution in [3.8, 4) is 0 Å². The minimum absolute atomic E-state index is 0.0390. The molecule has 0 amide bonds. The summed E-state index contributed by atoms with van der Waals surface area (Å²) in [6.45, 7) is 0. The topological polar surface area (TPSA) is 47.0 Å². The van der Waals surface area contributed by atoms with E-state index >= 15 is 0 Å². The second kappa shape index (κ2) is 5.34. The number of pyridine rings is 1. The molecule has 1 aromatic rings. The predicted octanol–water partition coefficient (Wildman–Crippen LogP) is 2.79. The first-order valence-corrected chi connectivity index (χ1v) is 7.01. The van der Waals surface area contributed by atoms with Crippen LogP contribution in [0.2, 0.25) is 10.0 Å². The van der Waals surface area contributed by atoms with E-state index in [2.05, 4.69) is 4.98 Å². The highest BCUT2D eigenvalue weighted by Gasteiger charge is 2.19. The Bertz CT molecular complexity index is 447. The van der Waals surface area contributed by atoms with Crippen LogP contribution < -0.4 is 0 Å². The van der Waals surface area contributed by atoms with E-state index in [0.29, 0.717) is 11.4 Å². The van der Waals surface area contributed by atoms with Crippen molar-refractivity contribution >= 4 is 44.6 Å². The average Bonchev–Trinajstić information content (AvgIpc) is 2.14. The molecule has 0 saturated heterocycles. The zero-order valence-corrected chi connectivity index (χ0v) is 10.7. The molecule has 0 unspecified atom stereocenters. The highest BCUT2D eigenvalue weighted by Crippen LogP contribution is 2.23. The maximum Gasteiger partial charge on any atom is 0.197 e. The highest BCUT2D eigenvalue weighted by molar-refractivity contribution is 7.91. The van der Waals surface area contributed by atoms with Gasteiger partial charge in [-0.1, -0.05) is 23.2 Å². The van der Waals surface area contributed by atoms with Crippen LogP contribution in [0.15, 0.2) is 17.3 Å². The summed E-state index contributed by atoms with van der Waals surface area (Å²) >= 11 is 16.8. The largest absolute Gasteiger partial charge is 0.242 e. The Hall–Kier alpha value is -0.0300. The van der Waals surface area contributed by atoms with Gasteiger partial charge in [-0.15, -0.1) is 11.6 Å². The van der Waals surface area contributed by atoms with Crippen LogP contribution in [-0.4, -0.2) is 25.0 Å². The van der Waals surface area contributed by atoms with E-state index in [4.69, 9.17) is 34.8 Å². The van der Waals surface area contributed by atoms with Crippen LogP contribution in [0.3, 0.4) is 0 Å². The fraction of sp³-hybridized carbons (Fsp3) is 0.375. The van der Waals surface area contributed by atoms with Gasteiger partial charge in [0.15, 0.2) is 14.9 Å². The van der Waals surface area contributed by atoms with Gasteiger partial charge in [-0.2, -0.15) is 0 Å². The lowest BCUT2D eigenvalue weighted by molar-refractivity contribution is 0.591. The minimum Gasteiger partial charge on any atom is -0.242 e. The third-order valence-corrected chi connectivity index (χ3v) is 4.23. The van der Waals surface area contributed by atoms with Gasteiger partial charge in [0, 0.05) is 12.1 Å². The Labute approximate surface area is 103 Å². The van der Waals surface area contributed by atoms with Crippen molar-refractivity contribution in [1.82, 2.24) is 4.98 Å². The zero-order valence-electron chi connectivity index (χ0n) is 7.58. The average molecular weight is 289 g/mol. The van der Waals surface area contributed by atoms with E-state index < -0.39 is 9.84 Å². The smallest absolute Gasteiger partial charge is 0.197 e. The Morgan fingerprint density at radius 3 is 2.53 bits per heavy atom. The summed E-state index contributed by atoms with van der Waals surface area (Å²) in [5, 5.41) is 0.201. The lowest BCUT2D eigenvalue weighted by Crippen LogP contribution is -2.09. The molecule has 1 aromatic heterocycles. The van der Waals surface area contributed by atoms with E-state index in [1.807, 2.05) is 0 Å². The summed E-state index contributed by atoms with van der Waals surface area (Å²) in [6, 6.07) is 1.35. The van der Waals surface area contributed by atoms with Gasteiger partial charge < -0.3 is 0 Å². The number of nitrogens with zero attached hydrogens (tertiary/aromatic N) is 1. The third kappa shape index (κ3) is 3.48. The molecule has 7 heteroatoms. The first-order valence-electron chi connectivity index (χ1n) is 4.07. The molecule has 0 aliphatic rings. The summed E-state index contributed by atoms with van der Waals surface area (Å²) < 4.78 is 23.3. The fourth-order valence-electron chi connectivity index (χ4n) is 0.972. The van der Waals surface area contributed by atoms with Gasteiger partial charge in [-0.25, -0.2) is 13.4 Å². The Morgan fingerprint density at radius 2 is 2.00 bits per heavy atom. The lowest BCUT2D eigenvalue weighted by atomic mass is 10.5. The van der Waals surface area contributed by atoms with Gasteiger partial charge in [0.1, 0.15) is 0 Å². The zero-order chi connectivity index (χ0) is 11.5. The van der Waals surface area contributed by atoms with Crippen LogP contribution in [0.1, 0.15) is 6.42 Å². The summed E-state index contributed by atoms with van der Waals surface area (Å²) in [4.78, 5) is 3.71. The molecular formula is C8H8Cl3NO2S. The summed E-state index contributed by atoms with van der Waals surface area (Å²) in [5.74, 6) is 0.218. The van der Waals surface area contributed by atoms with E-state index in [-0.39, 0.29) is 21.7 Å². The van der Waals surface area contributed by atoms with Crippen LogP contribution >= 0.6 is 34.8 Å². The highest BCUT2D eigenvalue weighted by atomic mass is 35.5. The molecule has 0 radical (unpaired) electrons. The molecule has 0 N–H and O–H groups in total. The molecule has 84 valence electrons. The first kappa shape index (κ1) is 13.0. The maximum atomic E-state index is 11.7. The number of rotatable bonds is 4.